The van der Waals surface area contributed by atoms with E-state index in [0.717, 1.165) is 5.82 Å². The second-order valence-electron chi connectivity index (χ2n) is 2.26. The summed E-state index contributed by atoms with van der Waals surface area (Å²) < 4.78 is 0. The van der Waals surface area contributed by atoms with Gasteiger partial charge in [-0.15, -0.1) is 0 Å². The van der Waals surface area contributed by atoms with E-state index in [9.17, 15) is 0 Å². The van der Waals surface area contributed by atoms with E-state index in [-0.39, 0.29) is 0 Å². The van der Waals surface area contributed by atoms with Crippen molar-refractivity contribution in [2.75, 3.05) is 0 Å². The van der Waals surface area contributed by atoms with Crippen LogP contribution in [0.4, 0.5) is 0 Å². The van der Waals surface area contributed by atoms with Crippen LogP contribution in [0.2, 0.25) is 6.82 Å². The van der Waals surface area contributed by atoms with Crippen LogP contribution < -0.4 is 0 Å². The fourth-order valence-electron chi connectivity index (χ4n) is 0.609. The van der Waals surface area contributed by atoms with Gasteiger partial charge in [0.05, 0.1) is 7.85 Å². The summed E-state index contributed by atoms with van der Waals surface area (Å²) in [6.07, 6.45) is 3.53. The maximum atomic E-state index is 4.50. The van der Waals surface area contributed by atoms with Crippen molar-refractivity contribution in [1.29, 1.82) is 0 Å². The molecule has 2 nitrogen and oxygen atoms in total. The molecule has 1 aromatic heterocycles. The molecule has 0 amide bonds. The van der Waals surface area contributed by atoms with Crippen molar-refractivity contribution in [2.24, 2.45) is 0 Å². The van der Waals surface area contributed by atoms with Crippen LogP contribution in [-0.2, 0) is 0 Å². The molecule has 0 fully saturated rings. The van der Waals surface area contributed by atoms with E-state index in [1.165, 1.54) is 6.82 Å². The first-order valence-electron chi connectivity index (χ1n) is 4.65. The van der Waals surface area contributed by atoms with Crippen LogP contribution in [-0.4, -0.2) is 17.8 Å². The average molecular weight is 178 g/mol. The van der Waals surface area contributed by atoms with Crippen LogP contribution in [0.3, 0.4) is 0 Å². The van der Waals surface area contributed by atoms with Crippen LogP contribution in [0.1, 0.15) is 39.4 Å². The predicted octanol–water partition coefficient (Wildman–Crippen LogP) is 2.83. The summed E-state index contributed by atoms with van der Waals surface area (Å²) in [4.78, 5) is 8.13. The summed E-state index contributed by atoms with van der Waals surface area (Å²) in [6.45, 7) is 9.66. The maximum absolute atomic E-state index is 4.50. The zero-order chi connectivity index (χ0) is 10.7. The Morgan fingerprint density at radius 3 is 1.69 bits per heavy atom. The van der Waals surface area contributed by atoms with Gasteiger partial charge in [-0.2, -0.15) is 0 Å². The minimum absolute atomic E-state index is 0.436. The minimum atomic E-state index is 0.436. The van der Waals surface area contributed by atoms with Crippen molar-refractivity contribution in [3.63, 3.8) is 0 Å². The van der Waals surface area contributed by atoms with Crippen LogP contribution in [0.5, 0.6) is 0 Å². The van der Waals surface area contributed by atoms with Crippen molar-refractivity contribution in [3.8, 4) is 0 Å². The Hall–Kier alpha value is -0.855. The van der Waals surface area contributed by atoms with Gasteiger partial charge in [0.1, 0.15) is 5.82 Å². The fraction of sp³-hybridized carbons (Fsp3) is 0.600. The van der Waals surface area contributed by atoms with Crippen molar-refractivity contribution < 1.29 is 0 Å². The molecule has 0 aliphatic rings. The number of hydrogen-bond donors (Lipinski definition) is 0. The summed E-state index contributed by atoms with van der Waals surface area (Å²) in [5, 5.41) is 0. The van der Waals surface area contributed by atoms with Crippen molar-refractivity contribution in [3.05, 3.63) is 24.3 Å². The lowest BCUT2D eigenvalue weighted by Gasteiger charge is -1.98. The van der Waals surface area contributed by atoms with E-state index in [1.807, 2.05) is 19.9 Å². The standard InChI is InChI=1S/C7H10N2.C2H6.CH3B/c1-6(2)7-8-4-3-5-9-7;2*1-2/h3-6H,1-2H3;1-2H3;1H3. The fourth-order valence-corrected chi connectivity index (χ4v) is 0.609. The molecule has 0 aliphatic carbocycles. The largest absolute Gasteiger partial charge is 0.241 e. The smallest absolute Gasteiger partial charge is 0.130 e. The van der Waals surface area contributed by atoms with Gasteiger partial charge in [-0.25, -0.2) is 9.97 Å². The first kappa shape index (κ1) is 14.7. The van der Waals surface area contributed by atoms with Gasteiger partial charge in [0.2, 0.25) is 0 Å². The highest BCUT2D eigenvalue weighted by molar-refractivity contribution is 6.05. The monoisotopic (exact) mass is 178 g/mol. The molecule has 1 rings (SSSR count). The molecule has 1 heterocycles. The van der Waals surface area contributed by atoms with Gasteiger partial charge in [-0.05, 0) is 6.07 Å². The summed E-state index contributed by atoms with van der Waals surface area (Å²) in [5.41, 5.74) is 0. The molecule has 0 unspecified atom stereocenters. The lowest BCUT2D eigenvalue weighted by Crippen LogP contribution is -1.93. The summed E-state index contributed by atoms with van der Waals surface area (Å²) in [7, 11) is 4.50. The topological polar surface area (TPSA) is 25.8 Å². The van der Waals surface area contributed by atoms with E-state index in [4.69, 9.17) is 0 Å². The zero-order valence-corrected chi connectivity index (χ0v) is 9.28. The molecule has 3 heteroatoms. The molecule has 0 saturated heterocycles. The van der Waals surface area contributed by atoms with Crippen molar-refractivity contribution >= 4 is 7.85 Å². The molecule has 2 radical (unpaired) electrons. The summed E-state index contributed by atoms with van der Waals surface area (Å²) >= 11 is 0. The molecule has 72 valence electrons. The molecule has 0 saturated carbocycles. The molecule has 0 bridgehead atoms. The van der Waals surface area contributed by atoms with Gasteiger partial charge in [0.25, 0.3) is 0 Å². The number of nitrogens with zero attached hydrogens (tertiary/aromatic N) is 2. The Kier molecular flexibility index (Phi) is 12.6. The predicted molar refractivity (Wildman–Crippen MR) is 59.1 cm³/mol. The second-order valence-corrected chi connectivity index (χ2v) is 2.26. The molecule has 0 spiro atoms. The van der Waals surface area contributed by atoms with E-state index in [2.05, 4.69) is 31.7 Å². The Labute approximate surface area is 83.2 Å². The van der Waals surface area contributed by atoms with E-state index >= 15 is 0 Å². The molecular weight excluding hydrogens is 159 g/mol. The number of aromatic nitrogens is 2. The third kappa shape index (κ3) is 7.50. The second kappa shape index (κ2) is 11.1. The Balaban J connectivity index is 0. The first-order chi connectivity index (χ1) is 6.30. The molecule has 0 aliphatic heterocycles. The normalized spacial score (nSPS) is 7.85. The van der Waals surface area contributed by atoms with Crippen LogP contribution in [0.25, 0.3) is 0 Å². The quantitative estimate of drug-likeness (QED) is 0.618. The van der Waals surface area contributed by atoms with Gasteiger partial charge in [0, 0.05) is 18.3 Å². The van der Waals surface area contributed by atoms with Crippen molar-refractivity contribution in [2.45, 2.75) is 40.4 Å². The SMILES string of the molecule is CC.CC(C)c1ncccn1.[B]C. The molecule has 13 heavy (non-hydrogen) atoms. The van der Waals surface area contributed by atoms with Crippen molar-refractivity contribution in [1.82, 2.24) is 9.97 Å². The molecular formula is C10H19BN2. The summed E-state index contributed by atoms with van der Waals surface area (Å²) in [5.74, 6) is 1.35. The Morgan fingerprint density at radius 1 is 1.08 bits per heavy atom. The molecule has 1 aromatic rings. The number of hydrogen-bond acceptors (Lipinski definition) is 2. The Bertz CT molecular complexity index is 176. The third-order valence-corrected chi connectivity index (χ3v) is 1.10. The van der Waals surface area contributed by atoms with E-state index in [1.54, 1.807) is 12.4 Å². The Morgan fingerprint density at radius 2 is 1.46 bits per heavy atom. The highest BCUT2D eigenvalue weighted by Crippen LogP contribution is 2.04. The maximum Gasteiger partial charge on any atom is 0.130 e. The van der Waals surface area contributed by atoms with Crippen LogP contribution in [0.15, 0.2) is 18.5 Å². The van der Waals surface area contributed by atoms with Crippen LogP contribution in [0, 0.1) is 0 Å². The first-order valence-corrected chi connectivity index (χ1v) is 4.65. The van der Waals surface area contributed by atoms with Gasteiger partial charge in [-0.3, -0.25) is 0 Å². The van der Waals surface area contributed by atoms with E-state index < -0.39 is 0 Å². The zero-order valence-electron chi connectivity index (χ0n) is 9.28. The van der Waals surface area contributed by atoms with Crippen LogP contribution >= 0.6 is 0 Å². The molecule has 0 atom stereocenters. The highest BCUT2D eigenvalue weighted by Gasteiger charge is 1.97. The van der Waals surface area contributed by atoms with Gasteiger partial charge < -0.3 is 0 Å². The average Bonchev–Trinajstić information content (AvgIpc) is 2.25. The number of rotatable bonds is 1. The third-order valence-electron chi connectivity index (χ3n) is 1.10. The highest BCUT2D eigenvalue weighted by atomic mass is 14.9. The lowest BCUT2D eigenvalue weighted by atomic mass is 10.2. The van der Waals surface area contributed by atoms with E-state index in [0.29, 0.717) is 5.92 Å². The molecule has 0 N–H and O–H groups in total. The van der Waals surface area contributed by atoms with Gasteiger partial charge in [0.15, 0.2) is 0 Å². The molecule has 0 aromatic carbocycles. The summed E-state index contributed by atoms with van der Waals surface area (Å²) in [6, 6.07) is 1.83. The van der Waals surface area contributed by atoms with Gasteiger partial charge >= 0.3 is 0 Å². The van der Waals surface area contributed by atoms with Gasteiger partial charge in [-0.1, -0.05) is 34.5 Å². The lowest BCUT2D eigenvalue weighted by molar-refractivity contribution is 0.774. The minimum Gasteiger partial charge on any atom is -0.241 e.